The maximum atomic E-state index is 11.0. The van der Waals surface area contributed by atoms with Crippen molar-refractivity contribution in [1.82, 2.24) is 15.6 Å². The molecule has 152 valence electrons. The number of ether oxygens (including phenoxy) is 1. The first-order chi connectivity index (χ1) is 12.4. The fourth-order valence-corrected chi connectivity index (χ4v) is 3.16. The molecule has 0 fully saturated rings. The normalized spacial score (nSPS) is 12.0. The standard InChI is InChI=1S/C18H28N4O3S.HI/c1-14-5-4-6-16-17(14)15(13-22-16)7-8-20-18(19-2)21-9-10-25-11-12-26(3,23)24;/h4-6,13,22H,7-12H2,1-3H3,(H2,19,20,21);1H. The van der Waals surface area contributed by atoms with Crippen LogP contribution in [0.4, 0.5) is 0 Å². The Hall–Kier alpha value is -1.33. The lowest BCUT2D eigenvalue weighted by Crippen LogP contribution is -2.39. The van der Waals surface area contributed by atoms with Crippen molar-refractivity contribution in [3.63, 3.8) is 0 Å². The van der Waals surface area contributed by atoms with Crippen molar-refractivity contribution >= 4 is 50.7 Å². The number of aryl methyl sites for hydroxylation is 1. The van der Waals surface area contributed by atoms with Crippen LogP contribution in [0.1, 0.15) is 11.1 Å². The Labute approximate surface area is 178 Å². The third-order valence-corrected chi connectivity index (χ3v) is 4.95. The van der Waals surface area contributed by atoms with E-state index in [1.165, 1.54) is 22.8 Å². The van der Waals surface area contributed by atoms with Crippen LogP contribution in [-0.2, 0) is 21.0 Å². The highest BCUT2D eigenvalue weighted by molar-refractivity contribution is 14.0. The molecule has 0 saturated heterocycles. The van der Waals surface area contributed by atoms with Crippen molar-refractivity contribution in [2.45, 2.75) is 13.3 Å². The average Bonchev–Trinajstić information content (AvgIpc) is 3.00. The maximum Gasteiger partial charge on any atom is 0.191 e. The number of hydrogen-bond donors (Lipinski definition) is 3. The highest BCUT2D eigenvalue weighted by Gasteiger charge is 2.06. The van der Waals surface area contributed by atoms with Crippen molar-refractivity contribution in [3.05, 3.63) is 35.5 Å². The largest absolute Gasteiger partial charge is 0.379 e. The molecule has 2 aromatic rings. The van der Waals surface area contributed by atoms with Crippen LogP contribution < -0.4 is 10.6 Å². The highest BCUT2D eigenvalue weighted by atomic mass is 127. The number of benzene rings is 1. The molecule has 1 aromatic carbocycles. The summed E-state index contributed by atoms with van der Waals surface area (Å²) in [6.07, 6.45) is 4.15. The molecule has 0 aliphatic carbocycles. The molecule has 0 saturated carbocycles. The van der Waals surface area contributed by atoms with Crippen molar-refractivity contribution < 1.29 is 13.2 Å². The van der Waals surface area contributed by atoms with Gasteiger partial charge in [0.25, 0.3) is 0 Å². The van der Waals surface area contributed by atoms with Crippen LogP contribution in [-0.4, -0.2) is 64.7 Å². The second kappa shape index (κ2) is 11.5. The third kappa shape index (κ3) is 8.06. The van der Waals surface area contributed by atoms with E-state index in [0.717, 1.165) is 18.5 Å². The van der Waals surface area contributed by atoms with Crippen LogP contribution in [0, 0.1) is 6.92 Å². The molecule has 0 aliphatic rings. The Morgan fingerprint density at radius 1 is 1.22 bits per heavy atom. The number of guanidine groups is 1. The van der Waals surface area contributed by atoms with Crippen LogP contribution in [0.25, 0.3) is 10.9 Å². The average molecular weight is 508 g/mol. The molecule has 1 aromatic heterocycles. The van der Waals surface area contributed by atoms with Gasteiger partial charge >= 0.3 is 0 Å². The lowest BCUT2D eigenvalue weighted by molar-refractivity contribution is 0.154. The van der Waals surface area contributed by atoms with Gasteiger partial charge in [0.2, 0.25) is 0 Å². The summed E-state index contributed by atoms with van der Waals surface area (Å²) < 4.78 is 27.3. The summed E-state index contributed by atoms with van der Waals surface area (Å²) >= 11 is 0. The summed E-state index contributed by atoms with van der Waals surface area (Å²) in [5.41, 5.74) is 3.71. The summed E-state index contributed by atoms with van der Waals surface area (Å²) in [7, 11) is -1.25. The number of rotatable bonds is 9. The number of halogens is 1. The van der Waals surface area contributed by atoms with E-state index in [0.29, 0.717) is 19.1 Å². The fourth-order valence-electron chi connectivity index (χ4n) is 2.74. The molecular formula is C18H29IN4O3S. The van der Waals surface area contributed by atoms with Gasteiger partial charge in [0.05, 0.1) is 19.0 Å². The maximum absolute atomic E-state index is 11.0. The molecule has 0 atom stereocenters. The number of sulfone groups is 1. The van der Waals surface area contributed by atoms with Gasteiger partial charge in [-0.05, 0) is 30.5 Å². The number of aromatic nitrogens is 1. The SMILES string of the molecule is CN=C(NCCOCCS(C)(=O)=O)NCCc1c[nH]c2cccc(C)c12.I. The van der Waals surface area contributed by atoms with Gasteiger partial charge in [-0.15, -0.1) is 24.0 Å². The number of aliphatic imine (C=N–C) groups is 1. The van der Waals surface area contributed by atoms with Crippen molar-refractivity contribution in [3.8, 4) is 0 Å². The lowest BCUT2D eigenvalue weighted by Gasteiger charge is -2.12. The van der Waals surface area contributed by atoms with Crippen molar-refractivity contribution in [2.75, 3.05) is 45.4 Å². The van der Waals surface area contributed by atoms with E-state index >= 15 is 0 Å². The van der Waals surface area contributed by atoms with Crippen LogP contribution in [0.5, 0.6) is 0 Å². The molecule has 0 amide bonds. The number of nitrogens with zero attached hydrogens (tertiary/aromatic N) is 1. The van der Waals surface area contributed by atoms with E-state index in [1.54, 1.807) is 7.05 Å². The number of nitrogens with one attached hydrogen (secondary N) is 3. The first-order valence-electron chi connectivity index (χ1n) is 8.66. The monoisotopic (exact) mass is 508 g/mol. The predicted octanol–water partition coefficient (Wildman–Crippen LogP) is 1.86. The minimum absolute atomic E-state index is 0. The Morgan fingerprint density at radius 3 is 2.67 bits per heavy atom. The number of H-pyrrole nitrogens is 1. The number of aromatic amines is 1. The molecule has 2 rings (SSSR count). The summed E-state index contributed by atoms with van der Waals surface area (Å²) in [5.74, 6) is 0.748. The zero-order valence-corrected chi connectivity index (χ0v) is 19.2. The van der Waals surface area contributed by atoms with Gasteiger partial charge in [-0.2, -0.15) is 0 Å². The highest BCUT2D eigenvalue weighted by Crippen LogP contribution is 2.22. The third-order valence-electron chi connectivity index (χ3n) is 4.04. The van der Waals surface area contributed by atoms with E-state index < -0.39 is 9.84 Å². The van der Waals surface area contributed by atoms with Gasteiger partial charge in [-0.25, -0.2) is 8.42 Å². The second-order valence-electron chi connectivity index (χ2n) is 6.23. The van der Waals surface area contributed by atoms with Gasteiger partial charge in [0.1, 0.15) is 9.84 Å². The Kier molecular flexibility index (Phi) is 10.1. The number of hydrogen-bond acceptors (Lipinski definition) is 4. The Bertz CT molecular complexity index is 849. The smallest absolute Gasteiger partial charge is 0.191 e. The minimum atomic E-state index is -2.97. The molecule has 0 aliphatic heterocycles. The predicted molar refractivity (Wildman–Crippen MR) is 122 cm³/mol. The van der Waals surface area contributed by atoms with Crippen molar-refractivity contribution in [2.24, 2.45) is 4.99 Å². The van der Waals surface area contributed by atoms with Gasteiger partial charge in [0.15, 0.2) is 5.96 Å². The van der Waals surface area contributed by atoms with Crippen LogP contribution in [0.2, 0.25) is 0 Å². The first kappa shape index (κ1) is 23.7. The molecule has 0 spiro atoms. The summed E-state index contributed by atoms with van der Waals surface area (Å²) in [4.78, 5) is 7.49. The van der Waals surface area contributed by atoms with Gasteiger partial charge in [-0.1, -0.05) is 12.1 Å². The molecule has 0 radical (unpaired) electrons. The summed E-state index contributed by atoms with van der Waals surface area (Å²) in [6.45, 7) is 4.09. The lowest BCUT2D eigenvalue weighted by atomic mass is 10.1. The molecule has 0 bridgehead atoms. The summed E-state index contributed by atoms with van der Waals surface area (Å²) in [6, 6.07) is 6.26. The zero-order chi connectivity index (χ0) is 19.0. The number of fused-ring (bicyclic) bond motifs is 1. The first-order valence-corrected chi connectivity index (χ1v) is 10.7. The topological polar surface area (TPSA) is 95.6 Å². The Morgan fingerprint density at radius 2 is 1.96 bits per heavy atom. The van der Waals surface area contributed by atoms with Crippen LogP contribution in [0.15, 0.2) is 29.4 Å². The van der Waals surface area contributed by atoms with Gasteiger partial charge in [0, 0.05) is 43.5 Å². The van der Waals surface area contributed by atoms with E-state index in [9.17, 15) is 8.42 Å². The van der Waals surface area contributed by atoms with Gasteiger partial charge < -0.3 is 20.4 Å². The van der Waals surface area contributed by atoms with E-state index in [1.807, 2.05) is 0 Å². The fraction of sp³-hybridized carbons (Fsp3) is 0.500. The molecule has 27 heavy (non-hydrogen) atoms. The molecule has 9 heteroatoms. The van der Waals surface area contributed by atoms with Crippen molar-refractivity contribution in [1.29, 1.82) is 0 Å². The van der Waals surface area contributed by atoms with E-state index in [4.69, 9.17) is 4.74 Å². The zero-order valence-electron chi connectivity index (χ0n) is 16.0. The quantitative estimate of drug-likeness (QED) is 0.208. The van der Waals surface area contributed by atoms with Gasteiger partial charge in [-0.3, -0.25) is 4.99 Å². The van der Waals surface area contributed by atoms with Crippen LogP contribution in [0.3, 0.4) is 0 Å². The summed E-state index contributed by atoms with van der Waals surface area (Å²) in [5, 5.41) is 7.72. The molecular weight excluding hydrogens is 479 g/mol. The molecule has 7 nitrogen and oxygen atoms in total. The minimum Gasteiger partial charge on any atom is -0.379 e. The van der Waals surface area contributed by atoms with E-state index in [-0.39, 0.29) is 36.3 Å². The Balaban J connectivity index is 0.00000364. The molecule has 3 N–H and O–H groups in total. The molecule has 0 unspecified atom stereocenters. The van der Waals surface area contributed by atoms with Crippen LogP contribution >= 0.6 is 24.0 Å². The molecule has 1 heterocycles. The second-order valence-corrected chi connectivity index (χ2v) is 8.49. The van der Waals surface area contributed by atoms with E-state index in [2.05, 4.69) is 51.9 Å².